The number of hydrogen-bond donors (Lipinski definition) is 1. The van der Waals surface area contributed by atoms with Crippen LogP contribution in [-0.4, -0.2) is 14.0 Å². The summed E-state index contributed by atoms with van der Waals surface area (Å²) in [6.45, 7) is 1.91. The molecule has 1 saturated carbocycles. The largest absolute Gasteiger partial charge is 0.242 e. The van der Waals surface area contributed by atoms with Crippen molar-refractivity contribution in [3.05, 3.63) is 28.5 Å². The molecule has 100 valence electrons. The van der Waals surface area contributed by atoms with Crippen molar-refractivity contribution in [2.75, 3.05) is 0 Å². The first-order valence-corrected chi connectivity index (χ1v) is 8.09. The van der Waals surface area contributed by atoms with Gasteiger partial charge >= 0.3 is 0 Å². The van der Waals surface area contributed by atoms with Gasteiger partial charge in [-0.3, -0.25) is 0 Å². The summed E-state index contributed by atoms with van der Waals surface area (Å²) in [4.78, 5) is 0.0806. The van der Waals surface area contributed by atoms with Crippen molar-refractivity contribution < 1.29 is 12.8 Å². The fourth-order valence-electron chi connectivity index (χ4n) is 2.33. The minimum Gasteiger partial charge on any atom is -0.207 e. The highest BCUT2D eigenvalue weighted by atomic mass is 79.9. The molecule has 0 aromatic heterocycles. The number of sulfonamides is 1. The molecule has 1 fully saturated rings. The van der Waals surface area contributed by atoms with Gasteiger partial charge in [-0.25, -0.2) is 17.5 Å². The topological polar surface area (TPSA) is 46.2 Å². The molecule has 6 heteroatoms. The van der Waals surface area contributed by atoms with E-state index in [0.29, 0.717) is 0 Å². The molecule has 0 saturated heterocycles. The van der Waals surface area contributed by atoms with Crippen LogP contribution in [0.5, 0.6) is 0 Å². The van der Waals surface area contributed by atoms with Crippen LogP contribution in [0.25, 0.3) is 0 Å². The molecular formula is C12H15BrFNO2S. The third-order valence-electron chi connectivity index (χ3n) is 3.27. The first kappa shape index (κ1) is 14.0. The number of halogens is 2. The van der Waals surface area contributed by atoms with Gasteiger partial charge in [-0.15, -0.1) is 0 Å². The van der Waals surface area contributed by atoms with Crippen LogP contribution in [0.15, 0.2) is 27.6 Å². The Morgan fingerprint density at radius 3 is 2.50 bits per heavy atom. The Labute approximate surface area is 115 Å². The summed E-state index contributed by atoms with van der Waals surface area (Å²) in [6.07, 6.45) is 3.74. The molecule has 1 aliphatic carbocycles. The molecular weight excluding hydrogens is 321 g/mol. The van der Waals surface area contributed by atoms with Crippen LogP contribution in [0.1, 0.15) is 32.6 Å². The van der Waals surface area contributed by atoms with Crippen LogP contribution in [0.4, 0.5) is 4.39 Å². The highest BCUT2D eigenvalue weighted by Crippen LogP contribution is 2.32. The lowest BCUT2D eigenvalue weighted by molar-refractivity contribution is 0.427. The van der Waals surface area contributed by atoms with Crippen LogP contribution in [0.3, 0.4) is 0 Å². The van der Waals surface area contributed by atoms with Crippen LogP contribution < -0.4 is 4.72 Å². The minimum absolute atomic E-state index is 0.0806. The molecule has 1 aliphatic rings. The third-order valence-corrected chi connectivity index (χ3v) is 5.89. The molecule has 1 aromatic carbocycles. The summed E-state index contributed by atoms with van der Waals surface area (Å²) in [5.41, 5.74) is -0.382. The third kappa shape index (κ3) is 2.92. The van der Waals surface area contributed by atoms with Gasteiger partial charge < -0.3 is 0 Å². The molecule has 0 heterocycles. The van der Waals surface area contributed by atoms with E-state index in [1.54, 1.807) is 0 Å². The number of hydrogen-bond acceptors (Lipinski definition) is 2. The highest BCUT2D eigenvalue weighted by Gasteiger charge is 2.34. The molecule has 0 spiro atoms. The second kappa shape index (κ2) is 4.90. The van der Waals surface area contributed by atoms with Crippen molar-refractivity contribution in [3.63, 3.8) is 0 Å². The average molecular weight is 336 g/mol. The van der Waals surface area contributed by atoms with Gasteiger partial charge in [0.05, 0.1) is 4.90 Å². The van der Waals surface area contributed by atoms with E-state index >= 15 is 0 Å². The summed E-state index contributed by atoms with van der Waals surface area (Å²) in [5.74, 6) is -0.465. The maximum Gasteiger partial charge on any atom is 0.242 e. The van der Waals surface area contributed by atoms with Crippen molar-refractivity contribution in [1.29, 1.82) is 0 Å². The van der Waals surface area contributed by atoms with E-state index in [-0.39, 0.29) is 14.9 Å². The fourth-order valence-corrected chi connectivity index (χ4v) is 4.85. The smallest absolute Gasteiger partial charge is 0.207 e. The lowest BCUT2D eigenvalue weighted by Gasteiger charge is -2.25. The molecule has 3 nitrogen and oxygen atoms in total. The van der Waals surface area contributed by atoms with E-state index in [1.807, 2.05) is 6.92 Å². The van der Waals surface area contributed by atoms with Crippen LogP contribution in [-0.2, 0) is 10.0 Å². The van der Waals surface area contributed by atoms with Gasteiger partial charge in [0.1, 0.15) is 5.82 Å². The van der Waals surface area contributed by atoms with Crippen LogP contribution in [0.2, 0.25) is 0 Å². The zero-order chi connectivity index (χ0) is 13.4. The monoisotopic (exact) mass is 335 g/mol. The van der Waals surface area contributed by atoms with E-state index in [1.165, 1.54) is 6.07 Å². The molecule has 0 radical (unpaired) electrons. The molecule has 0 amide bonds. The molecule has 18 heavy (non-hydrogen) atoms. The highest BCUT2D eigenvalue weighted by molar-refractivity contribution is 9.10. The van der Waals surface area contributed by atoms with Gasteiger partial charge in [-0.05, 0) is 53.9 Å². The Balaban J connectivity index is 2.30. The van der Waals surface area contributed by atoms with Gasteiger partial charge in [-0.1, -0.05) is 12.8 Å². The van der Waals surface area contributed by atoms with Crippen molar-refractivity contribution in [3.8, 4) is 0 Å². The summed E-state index contributed by atoms with van der Waals surface area (Å²) >= 11 is 3.09. The van der Waals surface area contributed by atoms with Gasteiger partial charge in [0.2, 0.25) is 10.0 Å². The Hall–Kier alpha value is -0.460. The van der Waals surface area contributed by atoms with Gasteiger partial charge in [-0.2, -0.15) is 0 Å². The summed E-state index contributed by atoms with van der Waals surface area (Å²) in [6, 6.07) is 3.59. The molecule has 1 N–H and O–H groups in total. The van der Waals surface area contributed by atoms with Crippen molar-refractivity contribution >= 4 is 26.0 Å². The minimum atomic E-state index is -3.61. The summed E-state index contributed by atoms with van der Waals surface area (Å²) in [5, 5.41) is 0. The molecule has 2 rings (SSSR count). The van der Waals surface area contributed by atoms with E-state index in [2.05, 4.69) is 20.7 Å². The van der Waals surface area contributed by atoms with Gasteiger partial charge in [0.25, 0.3) is 0 Å². The van der Waals surface area contributed by atoms with Gasteiger partial charge in [0.15, 0.2) is 0 Å². The molecule has 1 aromatic rings. The zero-order valence-electron chi connectivity index (χ0n) is 10.0. The number of benzene rings is 1. The average Bonchev–Trinajstić information content (AvgIpc) is 2.62. The Kier molecular flexibility index (Phi) is 3.80. The summed E-state index contributed by atoms with van der Waals surface area (Å²) < 4.78 is 40.5. The zero-order valence-corrected chi connectivity index (χ0v) is 12.4. The molecule has 0 atom stereocenters. The molecule has 0 aliphatic heterocycles. The van der Waals surface area contributed by atoms with Crippen LogP contribution in [0, 0.1) is 5.82 Å². The van der Waals surface area contributed by atoms with Gasteiger partial charge in [0, 0.05) is 10.0 Å². The van der Waals surface area contributed by atoms with E-state index in [4.69, 9.17) is 0 Å². The predicted molar refractivity (Wildman–Crippen MR) is 71.3 cm³/mol. The van der Waals surface area contributed by atoms with Crippen molar-refractivity contribution in [2.24, 2.45) is 0 Å². The quantitative estimate of drug-likeness (QED) is 0.921. The SMILES string of the molecule is CC1(NS(=O)(=O)c2ccc(F)cc2Br)CCCC1. The second-order valence-corrected chi connectivity index (χ2v) is 7.45. The normalized spacial score (nSPS) is 19.1. The molecule has 0 unspecified atom stereocenters. The number of rotatable bonds is 3. The van der Waals surface area contributed by atoms with Crippen molar-refractivity contribution in [1.82, 2.24) is 4.72 Å². The maximum atomic E-state index is 13.0. The van der Waals surface area contributed by atoms with E-state index < -0.39 is 15.8 Å². The van der Waals surface area contributed by atoms with Crippen LogP contribution >= 0.6 is 15.9 Å². The Bertz CT molecular complexity index is 553. The Morgan fingerprint density at radius 1 is 1.33 bits per heavy atom. The number of nitrogens with one attached hydrogen (secondary N) is 1. The van der Waals surface area contributed by atoms with E-state index in [0.717, 1.165) is 37.8 Å². The Morgan fingerprint density at radius 2 is 1.94 bits per heavy atom. The lowest BCUT2D eigenvalue weighted by atomic mass is 10.0. The standard InChI is InChI=1S/C12H15BrFNO2S/c1-12(6-2-3-7-12)15-18(16,17)11-5-4-9(14)8-10(11)13/h4-5,8,15H,2-3,6-7H2,1H3. The summed E-state index contributed by atoms with van der Waals surface area (Å²) in [7, 11) is -3.61. The molecule has 0 bridgehead atoms. The first-order chi connectivity index (χ1) is 8.32. The van der Waals surface area contributed by atoms with E-state index in [9.17, 15) is 12.8 Å². The lowest BCUT2D eigenvalue weighted by Crippen LogP contribution is -2.43. The fraction of sp³-hybridized carbons (Fsp3) is 0.500. The second-order valence-electron chi connectivity index (χ2n) is 4.95. The first-order valence-electron chi connectivity index (χ1n) is 5.81. The van der Waals surface area contributed by atoms with Crippen molar-refractivity contribution in [2.45, 2.75) is 43.0 Å². The predicted octanol–water partition coefficient (Wildman–Crippen LogP) is 3.20. The maximum absolute atomic E-state index is 13.0.